The Morgan fingerprint density at radius 2 is 1.89 bits per heavy atom. The second kappa shape index (κ2) is 6.24. The van der Waals surface area contributed by atoms with Crippen LogP contribution in [0.25, 0.3) is 0 Å². The van der Waals surface area contributed by atoms with Crippen LogP contribution < -0.4 is 0 Å². The summed E-state index contributed by atoms with van der Waals surface area (Å²) in [4.78, 5) is 10.9. The maximum Gasteiger partial charge on any atom is 0.307 e. The van der Waals surface area contributed by atoms with E-state index in [0.29, 0.717) is 16.4 Å². The zero-order valence-electron chi connectivity index (χ0n) is 10.3. The molecule has 100 valence electrons. The lowest BCUT2D eigenvalue weighted by molar-refractivity contribution is -0.140. The predicted octanol–water partition coefficient (Wildman–Crippen LogP) is 2.04. The zero-order valence-corrected chi connectivity index (χ0v) is 11.9. The van der Waals surface area contributed by atoms with Gasteiger partial charge in [0.05, 0.1) is 10.8 Å². The van der Waals surface area contributed by atoms with Crippen molar-refractivity contribution < 1.29 is 18.3 Å². The molecule has 1 atom stereocenters. The number of carboxylic acids is 1. The van der Waals surface area contributed by atoms with E-state index >= 15 is 0 Å². The van der Waals surface area contributed by atoms with E-state index in [1.165, 1.54) is 18.0 Å². The van der Waals surface area contributed by atoms with Crippen LogP contribution in [0.2, 0.25) is 0 Å². The van der Waals surface area contributed by atoms with Crippen molar-refractivity contribution in [2.45, 2.75) is 17.6 Å². The molecule has 0 amide bonds. The SMILES string of the molecule is CC(CSCc1ccc(S(C)(=O)=O)cc1)C(=O)O. The Kier molecular flexibility index (Phi) is 5.22. The van der Waals surface area contributed by atoms with Crippen LogP contribution in [0.5, 0.6) is 0 Å². The molecule has 0 saturated carbocycles. The second-order valence-electron chi connectivity index (χ2n) is 4.17. The second-order valence-corrected chi connectivity index (χ2v) is 7.22. The minimum atomic E-state index is -3.15. The van der Waals surface area contributed by atoms with Crippen LogP contribution in [-0.2, 0) is 20.4 Å². The van der Waals surface area contributed by atoms with Crippen LogP contribution >= 0.6 is 11.8 Å². The Morgan fingerprint density at radius 3 is 2.33 bits per heavy atom. The molecule has 6 heteroatoms. The third kappa shape index (κ3) is 4.70. The van der Waals surface area contributed by atoms with Gasteiger partial charge in [0.25, 0.3) is 0 Å². The monoisotopic (exact) mass is 288 g/mol. The quantitative estimate of drug-likeness (QED) is 0.867. The molecular formula is C12H16O4S2. The lowest BCUT2D eigenvalue weighted by Crippen LogP contribution is -2.11. The zero-order chi connectivity index (χ0) is 13.8. The highest BCUT2D eigenvalue weighted by Crippen LogP contribution is 2.17. The number of carboxylic acid groups (broad SMARTS) is 1. The average molecular weight is 288 g/mol. The first-order valence-electron chi connectivity index (χ1n) is 5.40. The number of benzene rings is 1. The molecule has 0 radical (unpaired) electrons. The Balaban J connectivity index is 2.52. The molecule has 18 heavy (non-hydrogen) atoms. The van der Waals surface area contributed by atoms with Gasteiger partial charge in [-0.15, -0.1) is 0 Å². The normalized spacial score (nSPS) is 13.2. The number of sulfone groups is 1. The van der Waals surface area contributed by atoms with Crippen LogP contribution in [0.1, 0.15) is 12.5 Å². The van der Waals surface area contributed by atoms with E-state index < -0.39 is 15.8 Å². The Bertz CT molecular complexity index is 505. The largest absolute Gasteiger partial charge is 0.481 e. The van der Waals surface area contributed by atoms with Gasteiger partial charge in [0.1, 0.15) is 0 Å². The van der Waals surface area contributed by atoms with Crippen LogP contribution in [0.15, 0.2) is 29.2 Å². The Morgan fingerprint density at radius 1 is 1.33 bits per heavy atom. The summed E-state index contributed by atoms with van der Waals surface area (Å²) < 4.78 is 22.5. The fourth-order valence-electron chi connectivity index (χ4n) is 1.26. The van der Waals surface area contributed by atoms with Crippen molar-refractivity contribution in [2.75, 3.05) is 12.0 Å². The molecule has 1 rings (SSSR count). The van der Waals surface area contributed by atoms with Crippen LogP contribution in [-0.4, -0.2) is 31.5 Å². The molecule has 0 fully saturated rings. The van der Waals surface area contributed by atoms with E-state index in [-0.39, 0.29) is 5.92 Å². The third-order valence-electron chi connectivity index (χ3n) is 2.41. The molecule has 1 aromatic rings. The summed E-state index contributed by atoms with van der Waals surface area (Å²) in [7, 11) is -3.15. The first kappa shape index (κ1) is 15.0. The van der Waals surface area contributed by atoms with Gasteiger partial charge in [-0.05, 0) is 17.7 Å². The van der Waals surface area contributed by atoms with E-state index in [4.69, 9.17) is 5.11 Å². The number of rotatable bonds is 6. The average Bonchev–Trinajstić information content (AvgIpc) is 2.28. The Labute approximate surface area is 111 Å². The highest BCUT2D eigenvalue weighted by Gasteiger charge is 2.10. The highest BCUT2D eigenvalue weighted by molar-refractivity contribution is 7.98. The van der Waals surface area contributed by atoms with Crippen molar-refractivity contribution in [3.05, 3.63) is 29.8 Å². The molecule has 0 spiro atoms. The fourth-order valence-corrected chi connectivity index (χ4v) is 2.93. The van der Waals surface area contributed by atoms with Crippen LogP contribution in [0.4, 0.5) is 0 Å². The standard InChI is InChI=1S/C12H16O4S2/c1-9(12(13)14)7-17-8-10-3-5-11(6-4-10)18(2,15)16/h3-6,9H,7-8H2,1-2H3,(H,13,14). The van der Waals surface area contributed by atoms with E-state index in [0.717, 1.165) is 5.56 Å². The number of thioether (sulfide) groups is 1. The van der Waals surface area contributed by atoms with Crippen molar-refractivity contribution in [2.24, 2.45) is 5.92 Å². The maximum atomic E-state index is 11.3. The molecule has 0 heterocycles. The number of hydrogen-bond acceptors (Lipinski definition) is 4. The van der Waals surface area contributed by atoms with E-state index in [2.05, 4.69) is 0 Å². The number of aliphatic carboxylic acids is 1. The minimum absolute atomic E-state index is 0.301. The highest BCUT2D eigenvalue weighted by atomic mass is 32.2. The van der Waals surface area contributed by atoms with Crippen molar-refractivity contribution in [3.63, 3.8) is 0 Å². The van der Waals surface area contributed by atoms with Gasteiger partial charge in [-0.3, -0.25) is 4.79 Å². The summed E-state index contributed by atoms with van der Waals surface area (Å²) in [6.45, 7) is 1.67. The molecule has 0 aliphatic rings. The molecule has 0 bridgehead atoms. The van der Waals surface area contributed by atoms with E-state index in [9.17, 15) is 13.2 Å². The van der Waals surface area contributed by atoms with Gasteiger partial charge in [0.2, 0.25) is 0 Å². The summed E-state index contributed by atoms with van der Waals surface area (Å²) in [6.07, 6.45) is 1.17. The molecular weight excluding hydrogens is 272 g/mol. The Hall–Kier alpha value is -1.01. The molecule has 0 saturated heterocycles. The van der Waals surface area contributed by atoms with Gasteiger partial charge in [0, 0.05) is 17.8 Å². The molecule has 1 N–H and O–H groups in total. The summed E-state index contributed by atoms with van der Waals surface area (Å²) in [5, 5.41) is 8.73. The predicted molar refractivity (Wildman–Crippen MR) is 72.5 cm³/mol. The molecule has 1 unspecified atom stereocenters. The summed E-state index contributed by atoms with van der Waals surface area (Å²) in [6, 6.07) is 6.67. The van der Waals surface area contributed by atoms with Gasteiger partial charge in [-0.25, -0.2) is 8.42 Å². The smallest absolute Gasteiger partial charge is 0.307 e. The first-order valence-corrected chi connectivity index (χ1v) is 8.45. The first-order chi connectivity index (χ1) is 8.30. The summed E-state index contributed by atoms with van der Waals surface area (Å²) >= 11 is 1.53. The van der Waals surface area contributed by atoms with Gasteiger partial charge in [0.15, 0.2) is 9.84 Å². The minimum Gasteiger partial charge on any atom is -0.481 e. The van der Waals surface area contributed by atoms with Crippen LogP contribution in [0, 0.1) is 5.92 Å². The van der Waals surface area contributed by atoms with E-state index in [1.54, 1.807) is 31.2 Å². The molecule has 4 nitrogen and oxygen atoms in total. The van der Waals surface area contributed by atoms with Crippen molar-refractivity contribution in [3.8, 4) is 0 Å². The van der Waals surface area contributed by atoms with Gasteiger partial charge in [-0.1, -0.05) is 19.1 Å². The van der Waals surface area contributed by atoms with Gasteiger partial charge >= 0.3 is 5.97 Å². The molecule has 0 aliphatic carbocycles. The number of hydrogen-bond donors (Lipinski definition) is 1. The lowest BCUT2D eigenvalue weighted by Gasteiger charge is -2.06. The number of carbonyl (C=O) groups is 1. The van der Waals surface area contributed by atoms with Crippen LogP contribution in [0.3, 0.4) is 0 Å². The lowest BCUT2D eigenvalue weighted by atomic mass is 10.2. The molecule has 0 aliphatic heterocycles. The summed E-state index contributed by atoms with van der Waals surface area (Å²) in [5.41, 5.74) is 0.991. The van der Waals surface area contributed by atoms with Crippen molar-refractivity contribution in [1.29, 1.82) is 0 Å². The maximum absolute atomic E-state index is 11.3. The molecule has 0 aromatic heterocycles. The van der Waals surface area contributed by atoms with Gasteiger partial charge < -0.3 is 5.11 Å². The van der Waals surface area contributed by atoms with E-state index in [1.807, 2.05) is 0 Å². The van der Waals surface area contributed by atoms with Gasteiger partial charge in [-0.2, -0.15) is 11.8 Å². The molecule has 1 aromatic carbocycles. The van der Waals surface area contributed by atoms with Crippen molar-refractivity contribution in [1.82, 2.24) is 0 Å². The van der Waals surface area contributed by atoms with Crippen molar-refractivity contribution >= 4 is 27.6 Å². The third-order valence-corrected chi connectivity index (χ3v) is 4.81. The fraction of sp³-hybridized carbons (Fsp3) is 0.417. The summed E-state index contributed by atoms with van der Waals surface area (Å²) in [5.74, 6) is 0.0605. The topological polar surface area (TPSA) is 71.4 Å².